The van der Waals surface area contributed by atoms with E-state index in [0.29, 0.717) is 17.4 Å². The van der Waals surface area contributed by atoms with Crippen LogP contribution in [0.4, 0.5) is 0 Å². The molecule has 100 valence electrons. The van der Waals surface area contributed by atoms with Crippen LogP contribution in [0.3, 0.4) is 0 Å². The van der Waals surface area contributed by atoms with Crippen LogP contribution in [0.15, 0.2) is 18.2 Å². The third kappa shape index (κ3) is 4.55. The van der Waals surface area contributed by atoms with Crippen LogP contribution in [-0.2, 0) is 0 Å². The second-order valence-corrected chi connectivity index (χ2v) is 5.09. The van der Waals surface area contributed by atoms with Crippen LogP contribution in [0.5, 0.6) is 5.75 Å². The van der Waals surface area contributed by atoms with Crippen molar-refractivity contribution >= 4 is 17.5 Å². The fourth-order valence-corrected chi connectivity index (χ4v) is 1.80. The van der Waals surface area contributed by atoms with Crippen LogP contribution in [-0.4, -0.2) is 28.8 Å². The lowest BCUT2D eigenvalue weighted by Gasteiger charge is -2.14. The molecule has 1 unspecified atom stereocenters. The molecular weight excluding hydrogens is 254 g/mol. The van der Waals surface area contributed by atoms with Gasteiger partial charge in [0.05, 0.1) is 11.7 Å². The Labute approximate surface area is 112 Å². The van der Waals surface area contributed by atoms with Gasteiger partial charge in [0, 0.05) is 11.6 Å². The van der Waals surface area contributed by atoms with Crippen molar-refractivity contribution in [2.45, 2.75) is 26.4 Å². The molecule has 0 bridgehead atoms. The van der Waals surface area contributed by atoms with E-state index in [4.69, 9.17) is 11.6 Å². The molecule has 3 N–H and O–H groups in total. The normalized spacial score (nSPS) is 12.5. The summed E-state index contributed by atoms with van der Waals surface area (Å²) in [4.78, 5) is 11.8. The number of benzene rings is 1. The summed E-state index contributed by atoms with van der Waals surface area (Å²) in [6, 6.07) is 4.25. The van der Waals surface area contributed by atoms with E-state index in [1.165, 1.54) is 18.2 Å². The Morgan fingerprint density at radius 1 is 1.44 bits per heavy atom. The molecule has 0 radical (unpaired) electrons. The Morgan fingerprint density at radius 2 is 2.11 bits per heavy atom. The van der Waals surface area contributed by atoms with Gasteiger partial charge in [-0.3, -0.25) is 4.79 Å². The molecule has 18 heavy (non-hydrogen) atoms. The van der Waals surface area contributed by atoms with E-state index >= 15 is 0 Å². The van der Waals surface area contributed by atoms with Crippen molar-refractivity contribution in [2.75, 3.05) is 6.54 Å². The molecule has 0 saturated carbocycles. The van der Waals surface area contributed by atoms with Gasteiger partial charge >= 0.3 is 0 Å². The molecule has 0 aliphatic rings. The van der Waals surface area contributed by atoms with Crippen LogP contribution in [0.2, 0.25) is 5.02 Å². The smallest absolute Gasteiger partial charge is 0.255 e. The first-order valence-electron chi connectivity index (χ1n) is 5.85. The number of phenols is 1. The highest BCUT2D eigenvalue weighted by Gasteiger charge is 2.13. The molecule has 0 aliphatic carbocycles. The number of carbonyl (C=O) groups excluding carboxylic acids is 1. The monoisotopic (exact) mass is 271 g/mol. The standard InChI is InChI=1S/C13H18ClNO3/c1-8(2)5-10(16)7-15-13(18)11-6-9(14)3-4-12(11)17/h3-4,6,8,10,16-17H,5,7H2,1-2H3,(H,15,18). The van der Waals surface area contributed by atoms with Crippen molar-refractivity contribution < 1.29 is 15.0 Å². The molecule has 1 rings (SSSR count). The number of aliphatic hydroxyl groups is 1. The van der Waals surface area contributed by atoms with Crippen molar-refractivity contribution in [1.82, 2.24) is 5.32 Å². The molecule has 0 aliphatic heterocycles. The quantitative estimate of drug-likeness (QED) is 0.769. The topological polar surface area (TPSA) is 69.6 Å². The molecule has 1 aromatic carbocycles. The lowest BCUT2D eigenvalue weighted by Crippen LogP contribution is -2.32. The van der Waals surface area contributed by atoms with Crippen molar-refractivity contribution in [3.05, 3.63) is 28.8 Å². The van der Waals surface area contributed by atoms with Gasteiger partial charge in [-0.25, -0.2) is 0 Å². The summed E-state index contributed by atoms with van der Waals surface area (Å²) in [6.07, 6.45) is 0.0252. The number of rotatable bonds is 5. The zero-order valence-electron chi connectivity index (χ0n) is 10.5. The second kappa shape index (κ2) is 6.61. The summed E-state index contributed by atoms with van der Waals surface area (Å²) in [6.45, 7) is 4.14. The predicted octanol–water partition coefficient (Wildman–Crippen LogP) is 2.18. The van der Waals surface area contributed by atoms with E-state index in [1.807, 2.05) is 13.8 Å². The zero-order valence-corrected chi connectivity index (χ0v) is 11.2. The number of aromatic hydroxyl groups is 1. The molecule has 0 heterocycles. The minimum atomic E-state index is -0.588. The van der Waals surface area contributed by atoms with E-state index < -0.39 is 12.0 Å². The van der Waals surface area contributed by atoms with E-state index in [-0.39, 0.29) is 17.9 Å². The highest BCUT2D eigenvalue weighted by molar-refractivity contribution is 6.31. The van der Waals surface area contributed by atoms with Crippen LogP contribution in [0.25, 0.3) is 0 Å². The molecule has 5 heteroatoms. The predicted molar refractivity (Wildman–Crippen MR) is 70.9 cm³/mol. The highest BCUT2D eigenvalue weighted by atomic mass is 35.5. The number of nitrogens with one attached hydrogen (secondary N) is 1. The second-order valence-electron chi connectivity index (χ2n) is 4.65. The van der Waals surface area contributed by atoms with E-state index in [9.17, 15) is 15.0 Å². The van der Waals surface area contributed by atoms with Crippen molar-refractivity contribution in [2.24, 2.45) is 5.92 Å². The molecule has 0 aromatic heterocycles. The van der Waals surface area contributed by atoms with Crippen molar-refractivity contribution in [3.63, 3.8) is 0 Å². The average Bonchev–Trinajstić information content (AvgIpc) is 2.28. The highest BCUT2D eigenvalue weighted by Crippen LogP contribution is 2.21. The van der Waals surface area contributed by atoms with Gasteiger partial charge in [0.2, 0.25) is 0 Å². The third-order valence-corrected chi connectivity index (χ3v) is 2.68. The number of hydrogen-bond donors (Lipinski definition) is 3. The summed E-state index contributed by atoms with van der Waals surface area (Å²) in [7, 11) is 0. The van der Waals surface area contributed by atoms with Crippen molar-refractivity contribution in [3.8, 4) is 5.75 Å². The third-order valence-electron chi connectivity index (χ3n) is 2.44. The lowest BCUT2D eigenvalue weighted by atomic mass is 10.1. The molecule has 0 spiro atoms. The molecular formula is C13H18ClNO3. The van der Waals surface area contributed by atoms with Gasteiger partial charge in [-0.05, 0) is 30.5 Å². The summed E-state index contributed by atoms with van der Waals surface area (Å²) >= 11 is 5.75. The molecule has 1 atom stereocenters. The number of hydrogen-bond acceptors (Lipinski definition) is 3. The van der Waals surface area contributed by atoms with Gasteiger partial charge in [-0.2, -0.15) is 0 Å². The SMILES string of the molecule is CC(C)CC(O)CNC(=O)c1cc(Cl)ccc1O. The van der Waals surface area contributed by atoms with Gasteiger partial charge in [0.1, 0.15) is 5.75 Å². The number of amides is 1. The maximum atomic E-state index is 11.8. The zero-order chi connectivity index (χ0) is 13.7. The number of phenolic OH excluding ortho intramolecular Hbond substituents is 1. The number of halogens is 1. The molecule has 0 fully saturated rings. The van der Waals surface area contributed by atoms with Gasteiger partial charge in [0.15, 0.2) is 0 Å². The maximum absolute atomic E-state index is 11.8. The summed E-state index contributed by atoms with van der Waals surface area (Å²) < 4.78 is 0. The largest absolute Gasteiger partial charge is 0.507 e. The van der Waals surface area contributed by atoms with Crippen LogP contribution >= 0.6 is 11.6 Å². The summed E-state index contributed by atoms with van der Waals surface area (Å²) in [5.74, 6) is -0.218. The fourth-order valence-electron chi connectivity index (χ4n) is 1.62. The number of carbonyl (C=O) groups is 1. The minimum Gasteiger partial charge on any atom is -0.507 e. The Morgan fingerprint density at radius 3 is 2.72 bits per heavy atom. The minimum absolute atomic E-state index is 0.110. The van der Waals surface area contributed by atoms with Gasteiger partial charge in [0.25, 0.3) is 5.91 Å². The Kier molecular flexibility index (Phi) is 5.44. The van der Waals surface area contributed by atoms with Crippen molar-refractivity contribution in [1.29, 1.82) is 0 Å². The van der Waals surface area contributed by atoms with E-state index in [1.54, 1.807) is 0 Å². The maximum Gasteiger partial charge on any atom is 0.255 e. The first-order chi connectivity index (χ1) is 8.40. The van der Waals surface area contributed by atoms with Crippen LogP contribution < -0.4 is 5.32 Å². The van der Waals surface area contributed by atoms with Crippen LogP contribution in [0.1, 0.15) is 30.6 Å². The molecule has 1 amide bonds. The first-order valence-corrected chi connectivity index (χ1v) is 6.22. The number of aliphatic hydroxyl groups excluding tert-OH is 1. The first kappa shape index (κ1) is 14.8. The Balaban J connectivity index is 2.58. The van der Waals surface area contributed by atoms with Gasteiger partial charge < -0.3 is 15.5 Å². The molecule has 0 saturated heterocycles. The van der Waals surface area contributed by atoms with E-state index in [0.717, 1.165) is 0 Å². The van der Waals surface area contributed by atoms with Gasteiger partial charge in [-0.1, -0.05) is 25.4 Å². The Hall–Kier alpha value is -1.26. The molecule has 4 nitrogen and oxygen atoms in total. The van der Waals surface area contributed by atoms with Gasteiger partial charge in [-0.15, -0.1) is 0 Å². The summed E-state index contributed by atoms with van der Waals surface area (Å²) in [5, 5.41) is 22.1. The Bertz CT molecular complexity index is 421. The fraction of sp³-hybridized carbons (Fsp3) is 0.462. The molecule has 1 aromatic rings. The summed E-state index contributed by atoms with van der Waals surface area (Å²) in [5.41, 5.74) is 0.110. The average molecular weight is 272 g/mol. The lowest BCUT2D eigenvalue weighted by molar-refractivity contribution is 0.0897. The van der Waals surface area contributed by atoms with E-state index in [2.05, 4.69) is 5.32 Å². The van der Waals surface area contributed by atoms with Crippen LogP contribution in [0, 0.1) is 5.92 Å².